The van der Waals surface area contributed by atoms with Crippen molar-refractivity contribution in [3.63, 3.8) is 0 Å². The smallest absolute Gasteiger partial charge is 0.0747 e. The zero-order valence-corrected chi connectivity index (χ0v) is 6.30. The third-order valence-electron chi connectivity index (χ3n) is 1.93. The van der Waals surface area contributed by atoms with Crippen LogP contribution in [0.3, 0.4) is 0 Å². The number of β-amino-alcohol motifs (C(OH)–C–C–N with tert-alkyl or cyclic N) is 1. The van der Waals surface area contributed by atoms with E-state index in [9.17, 15) is 5.11 Å². The number of rotatable bonds is 1. The van der Waals surface area contributed by atoms with Gasteiger partial charge < -0.3 is 15.5 Å². The highest BCUT2D eigenvalue weighted by molar-refractivity contribution is 4.84. The van der Waals surface area contributed by atoms with Crippen molar-refractivity contribution < 1.29 is 10.2 Å². The van der Waals surface area contributed by atoms with E-state index < -0.39 is 5.60 Å². The molecule has 10 heavy (non-hydrogen) atoms. The molecule has 1 heterocycles. The molecule has 0 bridgehead atoms. The van der Waals surface area contributed by atoms with Crippen molar-refractivity contribution in [2.75, 3.05) is 19.7 Å². The molecule has 60 valence electrons. The zero-order valence-electron chi connectivity index (χ0n) is 6.30. The first-order valence-electron chi connectivity index (χ1n) is 3.68. The van der Waals surface area contributed by atoms with Gasteiger partial charge in [-0.1, -0.05) is 0 Å². The Balaban J connectivity index is 2.40. The summed E-state index contributed by atoms with van der Waals surface area (Å²) in [7, 11) is 0. The maximum atomic E-state index is 9.50. The topological polar surface area (TPSA) is 52.5 Å². The van der Waals surface area contributed by atoms with Crippen LogP contribution in [0.1, 0.15) is 13.3 Å². The minimum absolute atomic E-state index is 0.170. The molecule has 3 nitrogen and oxygen atoms in total. The summed E-state index contributed by atoms with van der Waals surface area (Å²) in [4.78, 5) is 0. The molecule has 1 rings (SSSR count). The highest BCUT2D eigenvalue weighted by Gasteiger charge is 2.28. The van der Waals surface area contributed by atoms with E-state index in [0.29, 0.717) is 13.0 Å². The van der Waals surface area contributed by atoms with Gasteiger partial charge in [0.05, 0.1) is 5.60 Å². The highest BCUT2D eigenvalue weighted by Crippen LogP contribution is 2.18. The van der Waals surface area contributed by atoms with Gasteiger partial charge in [-0.05, 0) is 19.3 Å². The van der Waals surface area contributed by atoms with Gasteiger partial charge in [0, 0.05) is 19.7 Å². The highest BCUT2D eigenvalue weighted by atomic mass is 16.3. The van der Waals surface area contributed by atoms with Crippen LogP contribution in [-0.4, -0.2) is 35.5 Å². The molecule has 0 amide bonds. The number of aliphatic hydroxyl groups is 2. The Labute approximate surface area is 61.1 Å². The summed E-state index contributed by atoms with van der Waals surface area (Å²) in [6, 6.07) is 0. The minimum Gasteiger partial charge on any atom is -0.396 e. The normalized spacial score (nSPS) is 41.7. The Bertz CT molecular complexity index is 114. The van der Waals surface area contributed by atoms with Crippen molar-refractivity contribution in [3.05, 3.63) is 0 Å². The van der Waals surface area contributed by atoms with Crippen LogP contribution in [0.4, 0.5) is 0 Å². The predicted molar refractivity (Wildman–Crippen MR) is 38.7 cm³/mol. The van der Waals surface area contributed by atoms with Crippen LogP contribution in [0.25, 0.3) is 0 Å². The maximum Gasteiger partial charge on any atom is 0.0747 e. The molecular formula is C7H15NO2. The van der Waals surface area contributed by atoms with Crippen molar-refractivity contribution in [1.29, 1.82) is 0 Å². The minimum atomic E-state index is -0.619. The molecule has 1 aliphatic rings. The number of nitrogens with one attached hydrogen (secondary N) is 1. The Morgan fingerprint density at radius 1 is 1.70 bits per heavy atom. The van der Waals surface area contributed by atoms with E-state index in [0.717, 1.165) is 6.54 Å². The van der Waals surface area contributed by atoms with E-state index in [2.05, 4.69) is 5.32 Å². The van der Waals surface area contributed by atoms with Crippen LogP contribution in [0.5, 0.6) is 0 Å². The number of hydrogen-bond acceptors (Lipinski definition) is 3. The van der Waals surface area contributed by atoms with Crippen molar-refractivity contribution in [1.82, 2.24) is 5.32 Å². The lowest BCUT2D eigenvalue weighted by atomic mass is 9.89. The maximum absolute atomic E-state index is 9.50. The molecule has 0 saturated carbocycles. The predicted octanol–water partition coefficient (Wildman–Crippen LogP) is -0.661. The zero-order chi connectivity index (χ0) is 7.61. The summed E-state index contributed by atoms with van der Waals surface area (Å²) >= 11 is 0. The van der Waals surface area contributed by atoms with Gasteiger partial charge in [0.15, 0.2) is 0 Å². The molecule has 0 radical (unpaired) electrons. The van der Waals surface area contributed by atoms with Crippen molar-refractivity contribution in [3.8, 4) is 0 Å². The van der Waals surface area contributed by atoms with Gasteiger partial charge >= 0.3 is 0 Å². The van der Waals surface area contributed by atoms with Gasteiger partial charge in [0.1, 0.15) is 0 Å². The van der Waals surface area contributed by atoms with Crippen molar-refractivity contribution in [2.45, 2.75) is 18.9 Å². The molecule has 0 aliphatic carbocycles. The second-order valence-electron chi connectivity index (χ2n) is 3.38. The number of aliphatic hydroxyl groups excluding tert-OH is 1. The van der Waals surface area contributed by atoms with Gasteiger partial charge in [0.2, 0.25) is 0 Å². The lowest BCUT2D eigenvalue weighted by Gasteiger charge is -2.33. The monoisotopic (exact) mass is 145 g/mol. The Morgan fingerprint density at radius 2 is 2.40 bits per heavy atom. The van der Waals surface area contributed by atoms with Crippen LogP contribution in [0.15, 0.2) is 0 Å². The fourth-order valence-electron chi connectivity index (χ4n) is 1.44. The Kier molecular flexibility index (Phi) is 2.28. The standard InChI is InChI=1S/C7H15NO2/c1-7(10)2-6(4-9)3-8-5-7/h6,8-10H,2-5H2,1H3/t6-,7?/m1/s1. The molecular weight excluding hydrogens is 130 g/mol. The van der Waals surface area contributed by atoms with Crippen LogP contribution < -0.4 is 5.32 Å². The summed E-state index contributed by atoms with van der Waals surface area (Å²) in [5.74, 6) is 0.226. The number of piperidine rings is 1. The van der Waals surface area contributed by atoms with Crippen LogP contribution >= 0.6 is 0 Å². The van der Waals surface area contributed by atoms with Crippen LogP contribution in [-0.2, 0) is 0 Å². The average molecular weight is 145 g/mol. The Hall–Kier alpha value is -0.120. The first-order chi connectivity index (χ1) is 4.64. The summed E-state index contributed by atoms with van der Waals surface area (Å²) in [6.07, 6.45) is 0.705. The SMILES string of the molecule is CC1(O)CNC[C@H](CO)C1. The molecule has 1 aliphatic heterocycles. The van der Waals surface area contributed by atoms with E-state index in [-0.39, 0.29) is 12.5 Å². The first kappa shape index (κ1) is 7.98. The molecule has 3 heteroatoms. The molecule has 0 aromatic rings. The van der Waals surface area contributed by atoms with Gasteiger partial charge in [0.25, 0.3) is 0 Å². The third kappa shape index (κ3) is 1.94. The summed E-state index contributed by atoms with van der Waals surface area (Å²) in [6.45, 7) is 3.43. The van der Waals surface area contributed by atoms with Gasteiger partial charge in [-0.15, -0.1) is 0 Å². The van der Waals surface area contributed by atoms with Crippen LogP contribution in [0.2, 0.25) is 0 Å². The first-order valence-corrected chi connectivity index (χ1v) is 3.68. The molecule has 0 aromatic heterocycles. The summed E-state index contributed by atoms with van der Waals surface area (Å²) in [5, 5.41) is 21.3. The van der Waals surface area contributed by atoms with E-state index in [1.165, 1.54) is 0 Å². The van der Waals surface area contributed by atoms with Gasteiger partial charge in [-0.25, -0.2) is 0 Å². The Morgan fingerprint density at radius 3 is 2.80 bits per heavy atom. The van der Waals surface area contributed by atoms with E-state index in [1.807, 2.05) is 0 Å². The molecule has 1 fully saturated rings. The fraction of sp³-hybridized carbons (Fsp3) is 1.00. The third-order valence-corrected chi connectivity index (χ3v) is 1.93. The molecule has 0 aromatic carbocycles. The molecule has 2 atom stereocenters. The van der Waals surface area contributed by atoms with Crippen molar-refractivity contribution in [2.24, 2.45) is 5.92 Å². The lowest BCUT2D eigenvalue weighted by molar-refractivity contribution is 0.00227. The van der Waals surface area contributed by atoms with Crippen LogP contribution in [0, 0.1) is 5.92 Å². The van der Waals surface area contributed by atoms with Gasteiger partial charge in [-0.2, -0.15) is 0 Å². The molecule has 0 spiro atoms. The molecule has 1 saturated heterocycles. The number of hydrogen-bond donors (Lipinski definition) is 3. The summed E-state index contributed by atoms with van der Waals surface area (Å²) < 4.78 is 0. The van der Waals surface area contributed by atoms with Crippen molar-refractivity contribution >= 4 is 0 Å². The molecule has 3 N–H and O–H groups in total. The van der Waals surface area contributed by atoms with E-state index in [4.69, 9.17) is 5.11 Å². The second-order valence-corrected chi connectivity index (χ2v) is 3.38. The van der Waals surface area contributed by atoms with E-state index in [1.54, 1.807) is 6.92 Å². The lowest BCUT2D eigenvalue weighted by Crippen LogP contribution is -2.48. The van der Waals surface area contributed by atoms with E-state index >= 15 is 0 Å². The molecule has 1 unspecified atom stereocenters. The van der Waals surface area contributed by atoms with Gasteiger partial charge in [-0.3, -0.25) is 0 Å². The fourth-order valence-corrected chi connectivity index (χ4v) is 1.44. The second kappa shape index (κ2) is 2.86. The largest absolute Gasteiger partial charge is 0.396 e. The summed E-state index contributed by atoms with van der Waals surface area (Å²) in [5.41, 5.74) is -0.619. The average Bonchev–Trinajstić information content (AvgIpc) is 1.86. The quantitative estimate of drug-likeness (QED) is 0.459.